The van der Waals surface area contributed by atoms with Crippen LogP contribution in [0.4, 0.5) is 5.69 Å². The lowest BCUT2D eigenvalue weighted by atomic mass is 10.0. The van der Waals surface area contributed by atoms with Crippen LogP contribution in [0.1, 0.15) is 23.2 Å². The molecule has 0 saturated carbocycles. The van der Waals surface area contributed by atoms with Gasteiger partial charge < -0.3 is 10.2 Å². The number of hydrogen-bond donors (Lipinski definition) is 1. The van der Waals surface area contributed by atoms with Crippen molar-refractivity contribution >= 4 is 34.0 Å². The second-order valence-corrected chi connectivity index (χ2v) is 8.68. The van der Waals surface area contributed by atoms with Crippen molar-refractivity contribution in [2.24, 2.45) is 0 Å². The molecule has 1 heterocycles. The van der Waals surface area contributed by atoms with Gasteiger partial charge in [-0.05, 0) is 50.2 Å². The second-order valence-electron chi connectivity index (χ2n) is 6.71. The number of rotatable bonds is 5. The van der Waals surface area contributed by atoms with Crippen LogP contribution in [0.2, 0.25) is 0 Å². The normalized spacial score (nSPS) is 16.9. The number of hydrogen-bond acceptors (Lipinski definition) is 4. The van der Waals surface area contributed by atoms with Gasteiger partial charge in [0, 0.05) is 31.7 Å². The van der Waals surface area contributed by atoms with Crippen LogP contribution in [-0.2, 0) is 10.0 Å². The molecule has 0 radical (unpaired) electrons. The zero-order chi connectivity index (χ0) is 19.4. The number of sulfonamides is 1. The lowest BCUT2D eigenvalue weighted by molar-refractivity contribution is 0.0698. The number of halogens is 1. The van der Waals surface area contributed by atoms with E-state index in [1.54, 1.807) is 41.3 Å². The van der Waals surface area contributed by atoms with Crippen molar-refractivity contribution in [3.8, 4) is 0 Å². The maximum atomic E-state index is 13.0. The molecule has 1 saturated heterocycles. The van der Waals surface area contributed by atoms with E-state index < -0.39 is 10.0 Å². The Hall–Kier alpha value is -2.09. The first-order valence-corrected chi connectivity index (χ1v) is 10.5. The first-order chi connectivity index (χ1) is 12.9. The highest BCUT2D eigenvalue weighted by molar-refractivity contribution is 7.92. The van der Waals surface area contributed by atoms with E-state index in [0.717, 1.165) is 12.8 Å². The Bertz CT molecular complexity index is 906. The zero-order valence-corrected chi connectivity index (χ0v) is 17.7. The topological polar surface area (TPSA) is 69.7 Å². The number of nitrogens with one attached hydrogen (secondary N) is 1. The summed E-state index contributed by atoms with van der Waals surface area (Å²) in [6.45, 7) is 1.33. The second kappa shape index (κ2) is 9.41. The van der Waals surface area contributed by atoms with Gasteiger partial charge in [0.25, 0.3) is 15.9 Å². The monoisotopic (exact) mass is 423 g/mol. The minimum absolute atomic E-state index is 0. The summed E-state index contributed by atoms with van der Waals surface area (Å²) in [7, 11) is -0.335. The summed E-state index contributed by atoms with van der Waals surface area (Å²) in [5.74, 6) is -0.130. The van der Waals surface area contributed by atoms with Gasteiger partial charge in [0.1, 0.15) is 0 Å². The summed E-state index contributed by atoms with van der Waals surface area (Å²) in [6.07, 6.45) is 1.97. The molecule has 28 heavy (non-hydrogen) atoms. The summed E-state index contributed by atoms with van der Waals surface area (Å²) in [5, 5.41) is 3.21. The van der Waals surface area contributed by atoms with Crippen LogP contribution in [-0.4, -0.2) is 52.5 Å². The standard InChI is InChI=1S/C20H25N3O3S.ClH/c1-21-17-9-7-13-23(15-17)20(24)16-8-6-12-19(14-16)27(25,26)22(2)18-10-4-3-5-11-18;/h3-6,8,10-12,14,17,21H,7,9,13,15H2,1-2H3;1H. The number of carbonyl (C=O) groups is 1. The van der Waals surface area contributed by atoms with Crippen molar-refractivity contribution in [3.05, 3.63) is 60.2 Å². The highest BCUT2D eigenvalue weighted by atomic mass is 35.5. The van der Waals surface area contributed by atoms with E-state index in [1.807, 2.05) is 13.1 Å². The van der Waals surface area contributed by atoms with Crippen molar-refractivity contribution in [1.29, 1.82) is 0 Å². The molecule has 152 valence electrons. The van der Waals surface area contributed by atoms with Gasteiger partial charge in [-0.1, -0.05) is 24.3 Å². The average Bonchev–Trinajstić information content (AvgIpc) is 2.73. The van der Waals surface area contributed by atoms with Crippen molar-refractivity contribution in [3.63, 3.8) is 0 Å². The molecule has 0 bridgehead atoms. The molecule has 1 unspecified atom stereocenters. The number of nitrogens with zero attached hydrogens (tertiary/aromatic N) is 2. The Kier molecular flexibility index (Phi) is 7.46. The molecule has 8 heteroatoms. The van der Waals surface area contributed by atoms with E-state index >= 15 is 0 Å². The summed E-state index contributed by atoms with van der Waals surface area (Å²) in [5.41, 5.74) is 0.969. The van der Waals surface area contributed by atoms with Gasteiger partial charge in [0.05, 0.1) is 10.6 Å². The molecule has 0 spiro atoms. The third-order valence-electron chi connectivity index (χ3n) is 4.98. The van der Waals surface area contributed by atoms with Crippen LogP contribution >= 0.6 is 12.4 Å². The molecular formula is C20H26ClN3O3S. The fraction of sp³-hybridized carbons (Fsp3) is 0.350. The fourth-order valence-corrected chi connectivity index (χ4v) is 4.55. The molecule has 2 aromatic carbocycles. The van der Waals surface area contributed by atoms with E-state index in [1.165, 1.54) is 23.5 Å². The lowest BCUT2D eigenvalue weighted by Gasteiger charge is -2.32. The number of carbonyl (C=O) groups excluding carboxylic acids is 1. The molecule has 2 aromatic rings. The van der Waals surface area contributed by atoms with Crippen LogP contribution < -0.4 is 9.62 Å². The fourth-order valence-electron chi connectivity index (χ4n) is 3.30. The van der Waals surface area contributed by atoms with Gasteiger partial charge >= 0.3 is 0 Å². The Morgan fingerprint density at radius 2 is 1.86 bits per heavy atom. The SMILES string of the molecule is CNC1CCCN(C(=O)c2cccc(S(=O)(=O)N(C)c3ccccc3)c2)C1.Cl. The Balaban J connectivity index is 0.00000280. The zero-order valence-electron chi connectivity index (χ0n) is 16.0. The van der Waals surface area contributed by atoms with Crippen molar-refractivity contribution in [2.75, 3.05) is 31.5 Å². The highest BCUT2D eigenvalue weighted by Crippen LogP contribution is 2.23. The van der Waals surface area contributed by atoms with Gasteiger partial charge in [-0.2, -0.15) is 0 Å². The van der Waals surface area contributed by atoms with Gasteiger partial charge in [0.2, 0.25) is 0 Å². The average molecular weight is 424 g/mol. The minimum atomic E-state index is -3.74. The van der Waals surface area contributed by atoms with Crippen LogP contribution in [0, 0.1) is 0 Å². The summed E-state index contributed by atoms with van der Waals surface area (Å²) >= 11 is 0. The smallest absolute Gasteiger partial charge is 0.264 e. The van der Waals surface area contributed by atoms with E-state index in [-0.39, 0.29) is 29.3 Å². The van der Waals surface area contributed by atoms with Crippen molar-refractivity contribution in [2.45, 2.75) is 23.8 Å². The number of amides is 1. The molecule has 1 aliphatic rings. The lowest BCUT2D eigenvalue weighted by Crippen LogP contribution is -2.47. The van der Waals surface area contributed by atoms with Gasteiger partial charge in [-0.25, -0.2) is 8.42 Å². The molecule has 1 fully saturated rings. The summed E-state index contributed by atoms with van der Waals surface area (Å²) < 4.78 is 27.2. The third kappa shape index (κ3) is 4.66. The van der Waals surface area contributed by atoms with E-state index in [4.69, 9.17) is 0 Å². The quantitative estimate of drug-likeness (QED) is 0.802. The number of likely N-dealkylation sites (tertiary alicyclic amines) is 1. The van der Waals surface area contributed by atoms with Crippen LogP contribution in [0.15, 0.2) is 59.5 Å². The number of piperidine rings is 1. The van der Waals surface area contributed by atoms with Crippen molar-refractivity contribution in [1.82, 2.24) is 10.2 Å². The first kappa shape index (κ1) is 22.2. The number of para-hydroxylation sites is 1. The molecule has 1 amide bonds. The number of benzene rings is 2. The molecular weight excluding hydrogens is 398 g/mol. The number of likely N-dealkylation sites (N-methyl/N-ethyl adjacent to an activating group) is 1. The molecule has 1 N–H and O–H groups in total. The van der Waals surface area contributed by atoms with Crippen LogP contribution in [0.3, 0.4) is 0 Å². The Labute approximate surface area is 173 Å². The molecule has 6 nitrogen and oxygen atoms in total. The van der Waals surface area contributed by atoms with Crippen molar-refractivity contribution < 1.29 is 13.2 Å². The third-order valence-corrected chi connectivity index (χ3v) is 6.76. The van der Waals surface area contributed by atoms with Crippen LogP contribution in [0.5, 0.6) is 0 Å². The van der Waals surface area contributed by atoms with Gasteiger partial charge in [0.15, 0.2) is 0 Å². The highest BCUT2D eigenvalue weighted by Gasteiger charge is 2.26. The Morgan fingerprint density at radius 1 is 1.14 bits per heavy atom. The molecule has 1 aliphatic heterocycles. The molecule has 0 aliphatic carbocycles. The van der Waals surface area contributed by atoms with Gasteiger partial charge in [-0.3, -0.25) is 9.10 Å². The molecule has 3 rings (SSSR count). The molecule has 0 aromatic heterocycles. The number of anilines is 1. The van der Waals surface area contributed by atoms with E-state index in [9.17, 15) is 13.2 Å². The maximum absolute atomic E-state index is 13.0. The maximum Gasteiger partial charge on any atom is 0.264 e. The first-order valence-electron chi connectivity index (χ1n) is 9.04. The summed E-state index contributed by atoms with van der Waals surface area (Å²) in [4.78, 5) is 14.8. The van der Waals surface area contributed by atoms with E-state index in [2.05, 4.69) is 5.32 Å². The van der Waals surface area contributed by atoms with Gasteiger partial charge in [-0.15, -0.1) is 12.4 Å². The predicted octanol–water partition coefficient (Wildman–Crippen LogP) is 2.76. The largest absolute Gasteiger partial charge is 0.337 e. The summed E-state index contributed by atoms with van der Waals surface area (Å²) in [6, 6.07) is 15.4. The van der Waals surface area contributed by atoms with E-state index in [0.29, 0.717) is 24.3 Å². The molecule has 1 atom stereocenters. The van der Waals surface area contributed by atoms with Crippen LogP contribution in [0.25, 0.3) is 0 Å². The minimum Gasteiger partial charge on any atom is -0.337 e. The predicted molar refractivity (Wildman–Crippen MR) is 114 cm³/mol. The Morgan fingerprint density at radius 3 is 2.54 bits per heavy atom.